The molecule has 0 saturated heterocycles. The number of rotatable bonds is 3. The molecule has 0 radical (unpaired) electrons. The minimum Gasteiger partial charge on any atom is -0.308 e. The Balaban J connectivity index is 1.94. The van der Waals surface area contributed by atoms with Gasteiger partial charge in [0.15, 0.2) is 0 Å². The number of nitrogens with two attached hydrogens (primary N) is 1. The Morgan fingerprint density at radius 1 is 1.17 bits per heavy atom. The van der Waals surface area contributed by atoms with E-state index >= 15 is 0 Å². The van der Waals surface area contributed by atoms with E-state index in [1.165, 1.54) is 5.56 Å². The summed E-state index contributed by atoms with van der Waals surface area (Å²) in [5, 5.41) is 0. The number of hydrogen-bond donors (Lipinski definition) is 2. The lowest BCUT2D eigenvalue weighted by Gasteiger charge is -2.08. The molecule has 0 spiro atoms. The van der Waals surface area contributed by atoms with Crippen LogP contribution in [-0.2, 0) is 17.9 Å². The van der Waals surface area contributed by atoms with Crippen molar-refractivity contribution in [1.29, 1.82) is 0 Å². The highest BCUT2D eigenvalue weighted by atomic mass is 32.2. The van der Waals surface area contributed by atoms with Crippen molar-refractivity contribution in [2.75, 3.05) is 5.43 Å². The van der Waals surface area contributed by atoms with E-state index in [0.29, 0.717) is 0 Å². The first-order valence-electron chi connectivity index (χ1n) is 5.84. The highest BCUT2D eigenvalue weighted by molar-refractivity contribution is 7.98. The Morgan fingerprint density at radius 3 is 2.78 bits per heavy atom. The number of hydrazine groups is 1. The van der Waals surface area contributed by atoms with E-state index in [0.717, 1.165) is 40.8 Å². The van der Waals surface area contributed by atoms with Crippen molar-refractivity contribution in [3.8, 4) is 0 Å². The molecule has 4 nitrogen and oxygen atoms in total. The zero-order valence-corrected chi connectivity index (χ0v) is 10.7. The summed E-state index contributed by atoms with van der Waals surface area (Å²) in [6, 6.07) is 10.2. The lowest BCUT2D eigenvalue weighted by molar-refractivity contribution is 0.926. The van der Waals surface area contributed by atoms with Gasteiger partial charge >= 0.3 is 0 Å². The topological polar surface area (TPSA) is 63.8 Å². The van der Waals surface area contributed by atoms with E-state index in [9.17, 15) is 0 Å². The van der Waals surface area contributed by atoms with Gasteiger partial charge in [0.25, 0.3) is 0 Å². The van der Waals surface area contributed by atoms with Crippen LogP contribution in [0.25, 0.3) is 0 Å². The molecule has 92 valence electrons. The number of benzene rings is 1. The fourth-order valence-electron chi connectivity index (χ4n) is 2.08. The fraction of sp³-hybridized carbons (Fsp3) is 0.231. The number of nitrogens with one attached hydrogen (secondary N) is 1. The molecule has 0 unspecified atom stereocenters. The van der Waals surface area contributed by atoms with Crippen LogP contribution >= 0.6 is 11.8 Å². The molecule has 5 heteroatoms. The molecule has 0 bridgehead atoms. The lowest BCUT2D eigenvalue weighted by Crippen LogP contribution is -2.14. The summed E-state index contributed by atoms with van der Waals surface area (Å²) in [4.78, 5) is 9.13. The Labute approximate surface area is 110 Å². The van der Waals surface area contributed by atoms with Crippen LogP contribution in [0, 0.1) is 0 Å². The number of thioether (sulfide) groups is 1. The van der Waals surface area contributed by atoms with Gasteiger partial charge in [-0.1, -0.05) is 30.3 Å². The van der Waals surface area contributed by atoms with Gasteiger partial charge in [-0.3, -0.25) is 0 Å². The van der Waals surface area contributed by atoms with E-state index in [1.807, 2.05) is 30.0 Å². The molecule has 0 saturated carbocycles. The number of aromatic nitrogens is 2. The summed E-state index contributed by atoms with van der Waals surface area (Å²) in [6.45, 7) is 0. The second-order valence-electron chi connectivity index (χ2n) is 4.21. The van der Waals surface area contributed by atoms with E-state index in [2.05, 4.69) is 27.5 Å². The van der Waals surface area contributed by atoms with Gasteiger partial charge in [-0.15, -0.1) is 0 Å². The monoisotopic (exact) mass is 258 g/mol. The van der Waals surface area contributed by atoms with Crippen molar-refractivity contribution in [1.82, 2.24) is 9.97 Å². The SMILES string of the molecule is NNc1nc(Cc2ccccc2)nc2c1CSC2. The van der Waals surface area contributed by atoms with Crippen molar-refractivity contribution in [2.45, 2.75) is 17.9 Å². The zero-order valence-electron chi connectivity index (χ0n) is 9.89. The Morgan fingerprint density at radius 2 is 2.00 bits per heavy atom. The lowest BCUT2D eigenvalue weighted by atomic mass is 10.1. The van der Waals surface area contributed by atoms with Crippen LogP contribution in [0.2, 0.25) is 0 Å². The molecule has 1 aromatic carbocycles. The molecule has 0 atom stereocenters. The first kappa shape index (κ1) is 11.5. The Hall–Kier alpha value is -1.59. The molecular formula is C13H14N4S. The summed E-state index contributed by atoms with van der Waals surface area (Å²) in [6.07, 6.45) is 0.744. The third-order valence-electron chi connectivity index (χ3n) is 2.97. The maximum atomic E-state index is 5.54. The van der Waals surface area contributed by atoms with Gasteiger partial charge in [0.2, 0.25) is 0 Å². The second kappa shape index (κ2) is 4.96. The van der Waals surface area contributed by atoms with Crippen LogP contribution in [0.5, 0.6) is 0 Å². The highest BCUT2D eigenvalue weighted by Gasteiger charge is 2.19. The summed E-state index contributed by atoms with van der Waals surface area (Å²) >= 11 is 1.85. The molecule has 0 aliphatic carbocycles. The van der Waals surface area contributed by atoms with Crippen molar-refractivity contribution in [3.05, 3.63) is 53.0 Å². The van der Waals surface area contributed by atoms with Gasteiger partial charge in [0.1, 0.15) is 11.6 Å². The number of anilines is 1. The molecule has 1 aliphatic heterocycles. The van der Waals surface area contributed by atoms with Crippen molar-refractivity contribution in [2.24, 2.45) is 5.84 Å². The van der Waals surface area contributed by atoms with E-state index in [1.54, 1.807) is 0 Å². The normalized spacial score (nSPS) is 13.4. The van der Waals surface area contributed by atoms with Gasteiger partial charge in [0.05, 0.1) is 5.69 Å². The molecule has 0 fully saturated rings. The molecule has 2 heterocycles. The van der Waals surface area contributed by atoms with Gasteiger partial charge in [-0.05, 0) is 5.56 Å². The van der Waals surface area contributed by atoms with Crippen LogP contribution in [0.3, 0.4) is 0 Å². The van der Waals surface area contributed by atoms with Crippen molar-refractivity contribution >= 4 is 17.6 Å². The van der Waals surface area contributed by atoms with Gasteiger partial charge in [-0.25, -0.2) is 15.8 Å². The molecule has 3 N–H and O–H groups in total. The molecule has 1 aromatic heterocycles. The summed E-state index contributed by atoms with van der Waals surface area (Å²) in [5.41, 5.74) is 6.17. The zero-order chi connectivity index (χ0) is 12.4. The smallest absolute Gasteiger partial charge is 0.148 e. The van der Waals surface area contributed by atoms with Crippen molar-refractivity contribution < 1.29 is 0 Å². The number of nitrogens with zero attached hydrogens (tertiary/aromatic N) is 2. The Kier molecular flexibility index (Phi) is 3.17. The number of fused-ring (bicyclic) bond motifs is 1. The molecule has 0 amide bonds. The van der Waals surface area contributed by atoms with Crippen LogP contribution in [-0.4, -0.2) is 9.97 Å². The third kappa shape index (κ3) is 2.19. The van der Waals surface area contributed by atoms with Crippen LogP contribution < -0.4 is 11.3 Å². The molecular weight excluding hydrogens is 244 g/mol. The average Bonchev–Trinajstić information content (AvgIpc) is 2.87. The van der Waals surface area contributed by atoms with E-state index in [4.69, 9.17) is 5.84 Å². The summed E-state index contributed by atoms with van der Waals surface area (Å²) < 4.78 is 0. The van der Waals surface area contributed by atoms with E-state index in [-0.39, 0.29) is 0 Å². The first-order chi connectivity index (χ1) is 8.86. The standard InChI is InChI=1S/C13H14N4S/c14-17-13-10-7-18-8-11(10)15-12(16-13)6-9-4-2-1-3-5-9/h1-5H,6-8,14H2,(H,15,16,17). The van der Waals surface area contributed by atoms with Crippen LogP contribution in [0.15, 0.2) is 30.3 Å². The second-order valence-corrected chi connectivity index (χ2v) is 5.20. The maximum absolute atomic E-state index is 5.54. The number of nitrogen functional groups attached to an aromatic ring is 1. The largest absolute Gasteiger partial charge is 0.308 e. The van der Waals surface area contributed by atoms with Gasteiger partial charge in [0, 0.05) is 23.5 Å². The molecule has 2 aromatic rings. The molecule has 1 aliphatic rings. The Bertz CT molecular complexity index is 556. The van der Waals surface area contributed by atoms with Crippen molar-refractivity contribution in [3.63, 3.8) is 0 Å². The predicted molar refractivity (Wildman–Crippen MR) is 74.1 cm³/mol. The minimum atomic E-state index is 0.744. The molecule has 18 heavy (non-hydrogen) atoms. The third-order valence-corrected chi connectivity index (χ3v) is 3.94. The highest BCUT2D eigenvalue weighted by Crippen LogP contribution is 2.32. The molecule has 3 rings (SSSR count). The predicted octanol–water partition coefficient (Wildman–Crippen LogP) is 2.10. The summed E-state index contributed by atoms with van der Waals surface area (Å²) in [7, 11) is 0. The van der Waals surface area contributed by atoms with Crippen LogP contribution in [0.4, 0.5) is 5.82 Å². The van der Waals surface area contributed by atoms with Gasteiger partial charge in [-0.2, -0.15) is 11.8 Å². The quantitative estimate of drug-likeness (QED) is 0.652. The summed E-state index contributed by atoms with van der Waals surface area (Å²) in [5.74, 6) is 9.04. The fourth-order valence-corrected chi connectivity index (χ4v) is 3.12. The minimum absolute atomic E-state index is 0.744. The number of hydrogen-bond acceptors (Lipinski definition) is 5. The first-order valence-corrected chi connectivity index (χ1v) is 6.99. The van der Waals surface area contributed by atoms with E-state index < -0.39 is 0 Å². The average molecular weight is 258 g/mol. The maximum Gasteiger partial charge on any atom is 0.148 e. The van der Waals surface area contributed by atoms with Gasteiger partial charge < -0.3 is 5.43 Å². The van der Waals surface area contributed by atoms with Crippen LogP contribution in [0.1, 0.15) is 22.6 Å².